The molecule has 1 fully saturated rings. The molecule has 1 aliphatic rings. The van der Waals surface area contributed by atoms with Gasteiger partial charge in [-0.15, -0.1) is 11.3 Å². The molecule has 0 aliphatic carbocycles. The number of aryl methyl sites for hydroxylation is 1. The normalized spacial score (nSPS) is 16.8. The topological polar surface area (TPSA) is 98.0 Å². The van der Waals surface area contributed by atoms with E-state index in [1.54, 1.807) is 48.0 Å². The molecule has 1 N–H and O–H groups in total. The summed E-state index contributed by atoms with van der Waals surface area (Å²) in [5.74, 6) is 0.533. The van der Waals surface area contributed by atoms with E-state index in [0.29, 0.717) is 35.0 Å². The molecule has 0 amide bonds. The minimum Gasteiger partial charge on any atom is -0.354 e. The predicted molar refractivity (Wildman–Crippen MR) is 124 cm³/mol. The van der Waals surface area contributed by atoms with E-state index in [9.17, 15) is 8.42 Å². The Kier molecular flexibility index (Phi) is 5.62. The Labute approximate surface area is 190 Å². The number of nitrogens with zero attached hydrogens (tertiary/aromatic N) is 3. The van der Waals surface area contributed by atoms with E-state index in [0.717, 1.165) is 34.7 Å². The summed E-state index contributed by atoms with van der Waals surface area (Å²) in [7, 11) is -3.36. The van der Waals surface area contributed by atoms with Crippen LogP contribution in [-0.4, -0.2) is 41.9 Å². The van der Waals surface area contributed by atoms with Gasteiger partial charge in [0.25, 0.3) is 0 Å². The van der Waals surface area contributed by atoms with Crippen LogP contribution in [0.4, 0.5) is 0 Å². The highest BCUT2D eigenvalue weighted by atomic mass is 32.2. The monoisotopic (exact) mass is 466 g/mol. The van der Waals surface area contributed by atoms with Crippen LogP contribution in [0, 0.1) is 6.92 Å². The molecule has 0 spiro atoms. The number of hydrogen-bond donors (Lipinski definition) is 1. The molecule has 1 aliphatic heterocycles. The number of piperidine rings is 1. The average molecular weight is 467 g/mol. The Morgan fingerprint density at radius 1 is 1.09 bits per heavy atom. The number of thiophene rings is 1. The van der Waals surface area contributed by atoms with E-state index in [4.69, 9.17) is 4.52 Å². The molecule has 1 aromatic carbocycles. The van der Waals surface area contributed by atoms with Crippen molar-refractivity contribution in [2.75, 3.05) is 13.1 Å². The van der Waals surface area contributed by atoms with E-state index in [2.05, 4.69) is 20.4 Å². The van der Waals surface area contributed by atoms with Crippen LogP contribution in [0.3, 0.4) is 0 Å². The molecule has 0 saturated carbocycles. The molecule has 0 bridgehead atoms. The van der Waals surface area contributed by atoms with Gasteiger partial charge in [0.2, 0.25) is 0 Å². The van der Waals surface area contributed by atoms with Crippen molar-refractivity contribution < 1.29 is 12.9 Å². The lowest BCUT2D eigenvalue weighted by Gasteiger charge is -2.22. The van der Waals surface area contributed by atoms with Crippen molar-refractivity contribution in [1.29, 1.82) is 0 Å². The first-order chi connectivity index (χ1) is 15.5. The standard InChI is InChI=1S/C23H22N4O3S2/c1-15-8-10-31-23(15)19-11-22(30-27-19)21-14-25-13-20(26-21)16-4-6-17(7-5-16)32(28,29)18-3-2-9-24-12-18/h4-8,10-11,13-14,18,24H,2-3,9,12H2,1H3. The van der Waals surface area contributed by atoms with Crippen LogP contribution < -0.4 is 5.32 Å². The van der Waals surface area contributed by atoms with E-state index in [1.807, 2.05) is 24.4 Å². The van der Waals surface area contributed by atoms with Crippen molar-refractivity contribution in [3.8, 4) is 33.3 Å². The molecule has 1 saturated heterocycles. The Hall–Kier alpha value is -2.88. The summed E-state index contributed by atoms with van der Waals surface area (Å²) in [6.07, 6.45) is 4.84. The van der Waals surface area contributed by atoms with E-state index in [1.165, 1.54) is 0 Å². The lowest BCUT2D eigenvalue weighted by atomic mass is 10.1. The number of aromatic nitrogens is 3. The fourth-order valence-corrected chi connectivity index (χ4v) is 6.45. The Morgan fingerprint density at radius 2 is 1.91 bits per heavy atom. The van der Waals surface area contributed by atoms with Crippen molar-refractivity contribution in [3.63, 3.8) is 0 Å². The lowest BCUT2D eigenvalue weighted by Crippen LogP contribution is -2.38. The van der Waals surface area contributed by atoms with Crippen molar-refractivity contribution in [1.82, 2.24) is 20.4 Å². The smallest absolute Gasteiger partial charge is 0.187 e. The van der Waals surface area contributed by atoms with Crippen LogP contribution in [0.5, 0.6) is 0 Å². The molecule has 4 heterocycles. The van der Waals surface area contributed by atoms with Gasteiger partial charge in [0, 0.05) is 18.2 Å². The third-order valence-corrected chi connectivity index (χ3v) is 8.91. The minimum absolute atomic E-state index is 0.338. The first-order valence-corrected chi connectivity index (χ1v) is 12.8. The van der Waals surface area contributed by atoms with Crippen molar-refractivity contribution >= 4 is 21.2 Å². The molecule has 32 heavy (non-hydrogen) atoms. The quantitative estimate of drug-likeness (QED) is 0.467. The summed E-state index contributed by atoms with van der Waals surface area (Å²) >= 11 is 1.61. The maximum absolute atomic E-state index is 12.9. The first-order valence-electron chi connectivity index (χ1n) is 10.4. The number of benzene rings is 1. The predicted octanol–water partition coefficient (Wildman–Crippen LogP) is 4.36. The highest BCUT2D eigenvalue weighted by Crippen LogP contribution is 2.31. The summed E-state index contributed by atoms with van der Waals surface area (Å²) in [4.78, 5) is 10.4. The van der Waals surface area contributed by atoms with Crippen LogP contribution in [0.25, 0.3) is 33.3 Å². The zero-order chi connectivity index (χ0) is 22.1. The largest absolute Gasteiger partial charge is 0.354 e. The zero-order valence-electron chi connectivity index (χ0n) is 17.5. The summed E-state index contributed by atoms with van der Waals surface area (Å²) in [6, 6.07) is 10.8. The summed E-state index contributed by atoms with van der Waals surface area (Å²) in [5.41, 5.74) is 3.91. The maximum Gasteiger partial charge on any atom is 0.187 e. The molecule has 3 aromatic heterocycles. The lowest BCUT2D eigenvalue weighted by molar-refractivity contribution is 0.433. The molecule has 164 valence electrons. The molecule has 1 unspecified atom stereocenters. The number of nitrogens with one attached hydrogen (secondary N) is 1. The average Bonchev–Trinajstić information content (AvgIpc) is 3.49. The van der Waals surface area contributed by atoms with Gasteiger partial charge in [-0.2, -0.15) is 0 Å². The van der Waals surface area contributed by atoms with Crippen LogP contribution in [-0.2, 0) is 9.84 Å². The van der Waals surface area contributed by atoms with Crippen LogP contribution in [0.15, 0.2) is 63.6 Å². The van der Waals surface area contributed by atoms with E-state index >= 15 is 0 Å². The molecule has 4 aromatic rings. The second-order valence-corrected chi connectivity index (χ2v) is 11.0. The summed E-state index contributed by atoms with van der Waals surface area (Å²) in [6.45, 7) is 3.41. The van der Waals surface area contributed by atoms with Gasteiger partial charge in [0.15, 0.2) is 15.6 Å². The molecular weight excluding hydrogens is 444 g/mol. The Balaban J connectivity index is 1.40. The fraction of sp³-hybridized carbons (Fsp3) is 0.261. The number of hydrogen-bond acceptors (Lipinski definition) is 8. The van der Waals surface area contributed by atoms with Gasteiger partial charge in [-0.05, 0) is 55.5 Å². The Morgan fingerprint density at radius 3 is 2.62 bits per heavy atom. The first kappa shape index (κ1) is 21.0. The maximum atomic E-state index is 12.9. The highest BCUT2D eigenvalue weighted by molar-refractivity contribution is 7.92. The van der Waals surface area contributed by atoms with Gasteiger partial charge in [0.05, 0.1) is 33.1 Å². The summed E-state index contributed by atoms with van der Waals surface area (Å²) in [5, 5.41) is 8.99. The zero-order valence-corrected chi connectivity index (χ0v) is 19.1. The van der Waals surface area contributed by atoms with E-state index in [-0.39, 0.29) is 5.25 Å². The van der Waals surface area contributed by atoms with Gasteiger partial charge in [-0.25, -0.2) is 13.4 Å². The van der Waals surface area contributed by atoms with Crippen LogP contribution >= 0.6 is 11.3 Å². The van der Waals surface area contributed by atoms with Crippen molar-refractivity contribution in [3.05, 3.63) is 59.7 Å². The molecule has 7 nitrogen and oxygen atoms in total. The number of rotatable bonds is 5. The third-order valence-electron chi connectivity index (χ3n) is 5.66. The van der Waals surface area contributed by atoms with Crippen molar-refractivity contribution in [2.24, 2.45) is 0 Å². The SMILES string of the molecule is Cc1ccsc1-c1cc(-c2cncc(-c3ccc(S(=O)(=O)C4CCCNC4)cc3)n2)on1. The Bertz CT molecular complexity index is 1340. The summed E-state index contributed by atoms with van der Waals surface area (Å²) < 4.78 is 31.3. The van der Waals surface area contributed by atoms with Gasteiger partial charge >= 0.3 is 0 Å². The van der Waals surface area contributed by atoms with Crippen LogP contribution in [0.2, 0.25) is 0 Å². The second kappa shape index (κ2) is 8.57. The molecular formula is C23H22N4O3S2. The van der Waals surface area contributed by atoms with E-state index < -0.39 is 9.84 Å². The molecule has 5 rings (SSSR count). The van der Waals surface area contributed by atoms with Gasteiger partial charge < -0.3 is 9.84 Å². The minimum atomic E-state index is -3.36. The van der Waals surface area contributed by atoms with Gasteiger partial charge in [-0.3, -0.25) is 4.98 Å². The molecule has 9 heteroatoms. The number of sulfone groups is 1. The van der Waals surface area contributed by atoms with Gasteiger partial charge in [-0.1, -0.05) is 17.3 Å². The second-order valence-electron chi connectivity index (χ2n) is 7.84. The van der Waals surface area contributed by atoms with Gasteiger partial charge in [0.1, 0.15) is 11.4 Å². The molecule has 1 atom stereocenters. The fourth-order valence-electron chi connectivity index (χ4n) is 3.85. The highest BCUT2D eigenvalue weighted by Gasteiger charge is 2.28. The molecule has 0 radical (unpaired) electrons. The van der Waals surface area contributed by atoms with Crippen molar-refractivity contribution in [2.45, 2.75) is 29.9 Å². The third kappa shape index (κ3) is 3.99. The van der Waals surface area contributed by atoms with Crippen LogP contribution in [0.1, 0.15) is 18.4 Å².